The van der Waals surface area contributed by atoms with Gasteiger partial charge in [0.25, 0.3) is 0 Å². The van der Waals surface area contributed by atoms with Gasteiger partial charge in [-0.05, 0) is 44.7 Å². The lowest BCUT2D eigenvalue weighted by Crippen LogP contribution is -2.34. The molecule has 2 N–H and O–H groups in total. The van der Waals surface area contributed by atoms with E-state index in [-0.39, 0.29) is 24.1 Å². The van der Waals surface area contributed by atoms with Gasteiger partial charge in [0.1, 0.15) is 5.82 Å². The molecule has 29 heavy (non-hydrogen) atoms. The van der Waals surface area contributed by atoms with Gasteiger partial charge in [0.05, 0.1) is 12.3 Å². The number of aromatic nitrogens is 3. The highest BCUT2D eigenvalue weighted by Gasteiger charge is 2.30. The Morgan fingerprint density at radius 2 is 1.90 bits per heavy atom. The van der Waals surface area contributed by atoms with E-state index in [1.165, 1.54) is 11.8 Å². The lowest BCUT2D eigenvalue weighted by molar-refractivity contribution is -0.122. The molecule has 1 aromatic carbocycles. The van der Waals surface area contributed by atoms with Gasteiger partial charge in [-0.2, -0.15) is 0 Å². The number of carbonyl (C=O) groups is 2. The molecule has 1 fully saturated rings. The molecule has 0 atom stereocenters. The number of thioether (sulfide) groups is 1. The van der Waals surface area contributed by atoms with E-state index in [2.05, 4.69) is 27.4 Å². The normalized spacial score (nSPS) is 13.2. The maximum absolute atomic E-state index is 12.2. The van der Waals surface area contributed by atoms with Crippen LogP contribution in [0.25, 0.3) is 0 Å². The third-order valence-corrected chi connectivity index (χ3v) is 5.69. The summed E-state index contributed by atoms with van der Waals surface area (Å²) >= 11 is 1.32. The Morgan fingerprint density at radius 1 is 1.21 bits per heavy atom. The largest absolute Gasteiger partial charge is 0.346 e. The minimum Gasteiger partial charge on any atom is -0.346 e. The fraction of sp³-hybridized carbons (Fsp3) is 0.429. The second kappa shape index (κ2) is 9.26. The van der Waals surface area contributed by atoms with Gasteiger partial charge < -0.3 is 15.2 Å². The van der Waals surface area contributed by atoms with Gasteiger partial charge in [-0.25, -0.2) is 0 Å². The number of hydrogen-bond acceptors (Lipinski definition) is 5. The van der Waals surface area contributed by atoms with Gasteiger partial charge in [-0.3, -0.25) is 9.59 Å². The van der Waals surface area contributed by atoms with Gasteiger partial charge in [0.15, 0.2) is 5.16 Å². The highest BCUT2D eigenvalue weighted by atomic mass is 32.2. The molecular formula is C21H27N5O2S. The number of benzene rings is 1. The summed E-state index contributed by atoms with van der Waals surface area (Å²) < 4.78 is 2.01. The summed E-state index contributed by atoms with van der Waals surface area (Å²) in [4.78, 5) is 24.4. The third kappa shape index (κ3) is 5.47. The van der Waals surface area contributed by atoms with Gasteiger partial charge in [-0.1, -0.05) is 35.5 Å². The first-order valence-electron chi connectivity index (χ1n) is 9.70. The zero-order chi connectivity index (χ0) is 21.0. The Bertz CT molecular complexity index is 910. The highest BCUT2D eigenvalue weighted by molar-refractivity contribution is 7.99. The molecule has 154 valence electrons. The van der Waals surface area contributed by atoms with Crippen molar-refractivity contribution in [1.29, 1.82) is 0 Å². The van der Waals surface area contributed by atoms with Crippen LogP contribution in [0.4, 0.5) is 5.69 Å². The van der Waals surface area contributed by atoms with Gasteiger partial charge in [-0.15, -0.1) is 16.8 Å². The summed E-state index contributed by atoms with van der Waals surface area (Å²) in [6.45, 7) is 10.3. The van der Waals surface area contributed by atoms with Crippen molar-refractivity contribution in [3.05, 3.63) is 47.3 Å². The van der Waals surface area contributed by atoms with E-state index in [1.54, 1.807) is 6.08 Å². The molecule has 2 amide bonds. The first-order valence-corrected chi connectivity index (χ1v) is 10.7. The molecule has 1 aliphatic rings. The van der Waals surface area contributed by atoms with Crippen LogP contribution in [-0.4, -0.2) is 38.9 Å². The molecule has 1 heterocycles. The molecule has 0 radical (unpaired) electrons. The van der Waals surface area contributed by atoms with Crippen LogP contribution in [0.15, 0.2) is 29.9 Å². The minimum absolute atomic E-state index is 0.0706. The molecule has 3 rings (SSSR count). The number of rotatable bonds is 9. The standard InChI is InChI=1S/C21H27N5O2S/c1-5-8-26-20(16-6-7-16)24-25-21(26)29-12-18(28)22-11-17(27)23-19-14(3)9-13(2)10-15(19)4/h5,9-10,16H,1,6-8,11-12H2,2-4H3,(H,22,28)(H,23,27). The van der Waals surface area contributed by atoms with Crippen molar-refractivity contribution < 1.29 is 9.59 Å². The third-order valence-electron chi connectivity index (χ3n) is 4.72. The van der Waals surface area contributed by atoms with E-state index in [0.29, 0.717) is 17.6 Å². The fourth-order valence-corrected chi connectivity index (χ4v) is 4.06. The number of carbonyl (C=O) groups excluding carboxylic acids is 2. The van der Waals surface area contributed by atoms with Crippen molar-refractivity contribution in [2.24, 2.45) is 0 Å². The van der Waals surface area contributed by atoms with Crippen molar-refractivity contribution in [2.75, 3.05) is 17.6 Å². The fourth-order valence-electron chi connectivity index (χ4n) is 3.27. The molecule has 1 saturated carbocycles. The molecule has 7 nitrogen and oxygen atoms in total. The van der Waals surface area contributed by atoms with Gasteiger partial charge >= 0.3 is 0 Å². The second-order valence-electron chi connectivity index (χ2n) is 7.40. The summed E-state index contributed by atoms with van der Waals surface area (Å²) in [6, 6.07) is 4.04. The summed E-state index contributed by atoms with van der Waals surface area (Å²) in [5, 5.41) is 14.7. The number of aryl methyl sites for hydroxylation is 3. The molecule has 0 saturated heterocycles. The quantitative estimate of drug-likeness (QED) is 0.487. The first kappa shape index (κ1) is 21.1. The first-order chi connectivity index (χ1) is 13.9. The monoisotopic (exact) mass is 413 g/mol. The van der Waals surface area contributed by atoms with Crippen LogP contribution in [0.3, 0.4) is 0 Å². The van der Waals surface area contributed by atoms with Crippen LogP contribution in [0, 0.1) is 20.8 Å². The number of anilines is 1. The SMILES string of the molecule is C=CCn1c(SCC(=O)NCC(=O)Nc2c(C)cc(C)cc2C)nnc1C1CC1. The number of hydrogen-bond donors (Lipinski definition) is 2. The van der Waals surface area contributed by atoms with E-state index < -0.39 is 0 Å². The molecule has 2 aromatic rings. The predicted octanol–water partition coefficient (Wildman–Crippen LogP) is 3.11. The van der Waals surface area contributed by atoms with Crippen LogP contribution < -0.4 is 10.6 Å². The van der Waals surface area contributed by atoms with E-state index in [0.717, 1.165) is 41.0 Å². The average molecular weight is 414 g/mol. The van der Waals surface area contributed by atoms with Crippen LogP contribution in [0.5, 0.6) is 0 Å². The molecule has 8 heteroatoms. The Morgan fingerprint density at radius 3 is 2.52 bits per heavy atom. The molecule has 1 aliphatic carbocycles. The van der Waals surface area contributed by atoms with Crippen LogP contribution in [0.1, 0.15) is 41.3 Å². The Hall–Kier alpha value is -2.61. The van der Waals surface area contributed by atoms with Crippen LogP contribution >= 0.6 is 11.8 Å². The van der Waals surface area contributed by atoms with Crippen molar-refractivity contribution in [2.45, 2.75) is 51.2 Å². The van der Waals surface area contributed by atoms with Crippen molar-refractivity contribution >= 4 is 29.3 Å². The molecular weight excluding hydrogens is 386 g/mol. The summed E-state index contributed by atoms with van der Waals surface area (Å²) in [6.07, 6.45) is 4.07. The predicted molar refractivity (Wildman–Crippen MR) is 115 cm³/mol. The Balaban J connectivity index is 1.49. The lowest BCUT2D eigenvalue weighted by atomic mass is 10.1. The van der Waals surface area contributed by atoms with Crippen molar-refractivity contribution in [3.63, 3.8) is 0 Å². The highest BCUT2D eigenvalue weighted by Crippen LogP contribution is 2.40. The van der Waals surface area contributed by atoms with E-state index in [9.17, 15) is 9.59 Å². The maximum atomic E-state index is 12.2. The zero-order valence-electron chi connectivity index (χ0n) is 17.1. The molecule has 0 spiro atoms. The van der Waals surface area contributed by atoms with Crippen molar-refractivity contribution in [1.82, 2.24) is 20.1 Å². The molecule has 1 aromatic heterocycles. The number of nitrogens with one attached hydrogen (secondary N) is 2. The average Bonchev–Trinajstić information content (AvgIpc) is 3.43. The van der Waals surface area contributed by atoms with Gasteiger partial charge in [0, 0.05) is 18.2 Å². The Labute approximate surface area is 175 Å². The van der Waals surface area contributed by atoms with Crippen LogP contribution in [0.2, 0.25) is 0 Å². The van der Waals surface area contributed by atoms with Crippen molar-refractivity contribution in [3.8, 4) is 0 Å². The zero-order valence-corrected chi connectivity index (χ0v) is 17.9. The number of amides is 2. The minimum atomic E-state index is -0.246. The molecule has 0 aliphatic heterocycles. The summed E-state index contributed by atoms with van der Waals surface area (Å²) in [5.41, 5.74) is 3.96. The summed E-state index contributed by atoms with van der Waals surface area (Å²) in [5.74, 6) is 1.16. The van der Waals surface area contributed by atoms with Gasteiger partial charge in [0.2, 0.25) is 11.8 Å². The topological polar surface area (TPSA) is 88.9 Å². The summed E-state index contributed by atoms with van der Waals surface area (Å²) in [7, 11) is 0. The lowest BCUT2D eigenvalue weighted by Gasteiger charge is -2.13. The van der Waals surface area contributed by atoms with E-state index >= 15 is 0 Å². The number of nitrogens with zero attached hydrogens (tertiary/aromatic N) is 3. The molecule has 0 bridgehead atoms. The number of allylic oxidation sites excluding steroid dienone is 1. The smallest absolute Gasteiger partial charge is 0.243 e. The van der Waals surface area contributed by atoms with E-state index in [1.807, 2.05) is 37.5 Å². The van der Waals surface area contributed by atoms with Crippen LogP contribution in [-0.2, 0) is 16.1 Å². The second-order valence-corrected chi connectivity index (χ2v) is 8.34. The van der Waals surface area contributed by atoms with E-state index in [4.69, 9.17) is 0 Å². The maximum Gasteiger partial charge on any atom is 0.243 e. The molecule has 0 unspecified atom stereocenters. The Kier molecular flexibility index (Phi) is 6.74.